The number of hydrogen-bond acceptors (Lipinski definition) is 5. The zero-order valence-corrected chi connectivity index (χ0v) is 12.9. The molecule has 1 aromatic heterocycles. The van der Waals surface area contributed by atoms with Crippen LogP contribution < -0.4 is 14.4 Å². The van der Waals surface area contributed by atoms with Gasteiger partial charge in [-0.3, -0.25) is 4.90 Å². The fourth-order valence-electron chi connectivity index (χ4n) is 2.86. The van der Waals surface area contributed by atoms with Gasteiger partial charge in [-0.15, -0.1) is 0 Å². The normalized spacial score (nSPS) is 22.2. The fourth-order valence-corrected chi connectivity index (χ4v) is 3.08. The summed E-state index contributed by atoms with van der Waals surface area (Å²) in [5.74, 6) is 2.07. The second kappa shape index (κ2) is 5.30. The summed E-state index contributed by atoms with van der Waals surface area (Å²) in [6, 6.07) is 2.71. The molecule has 0 unspecified atom stereocenters. The summed E-state index contributed by atoms with van der Waals surface area (Å²) in [7, 11) is 1.58. The monoisotopic (exact) mass is 297 g/mol. The average molecular weight is 298 g/mol. The molecule has 2 aliphatic rings. The van der Waals surface area contributed by atoms with E-state index in [4.69, 9.17) is 21.1 Å². The van der Waals surface area contributed by atoms with Gasteiger partial charge >= 0.3 is 0 Å². The van der Waals surface area contributed by atoms with Crippen molar-refractivity contribution >= 4 is 17.4 Å². The van der Waals surface area contributed by atoms with Crippen molar-refractivity contribution in [2.24, 2.45) is 0 Å². The first-order valence-corrected chi connectivity index (χ1v) is 7.36. The largest absolute Gasteiger partial charge is 0.487 e. The quantitative estimate of drug-likeness (QED) is 0.835. The summed E-state index contributed by atoms with van der Waals surface area (Å²) in [6.45, 7) is 8.14. The van der Waals surface area contributed by atoms with E-state index in [1.165, 1.54) is 0 Å². The molecule has 110 valence electrons. The molecule has 1 fully saturated rings. The van der Waals surface area contributed by atoms with E-state index in [1.54, 1.807) is 13.2 Å². The van der Waals surface area contributed by atoms with Crippen LogP contribution in [0.5, 0.6) is 11.6 Å². The highest BCUT2D eigenvalue weighted by Crippen LogP contribution is 2.39. The van der Waals surface area contributed by atoms with Gasteiger partial charge in [-0.05, 0) is 13.8 Å². The lowest BCUT2D eigenvalue weighted by molar-refractivity contribution is 0.140. The minimum Gasteiger partial charge on any atom is -0.487 e. The number of halogens is 1. The van der Waals surface area contributed by atoms with Crippen LogP contribution in [0.4, 0.5) is 5.82 Å². The predicted molar refractivity (Wildman–Crippen MR) is 79.1 cm³/mol. The summed E-state index contributed by atoms with van der Waals surface area (Å²) in [5.41, 5.74) is 0. The molecular formula is C14H20ClN3O2. The molecule has 1 atom stereocenters. The van der Waals surface area contributed by atoms with E-state index in [-0.39, 0.29) is 0 Å². The van der Waals surface area contributed by atoms with Gasteiger partial charge in [0.2, 0.25) is 5.88 Å². The standard InChI is InChI=1S/C14H20ClN3O2/c1-9(2)17-4-5-18-10(7-17)8-20-12-6-11(15)14(19-3)16-13(12)18/h6,9-10H,4-5,7-8H2,1-3H3/t10-/m1/s1. The molecule has 0 aromatic carbocycles. The summed E-state index contributed by atoms with van der Waals surface area (Å²) in [4.78, 5) is 9.30. The minimum absolute atomic E-state index is 0.344. The van der Waals surface area contributed by atoms with E-state index in [9.17, 15) is 0 Å². The SMILES string of the molecule is COc1nc2c(cc1Cl)OC[C@H]1CN(C(C)C)CCN21. The van der Waals surface area contributed by atoms with Crippen LogP contribution in [-0.2, 0) is 0 Å². The topological polar surface area (TPSA) is 37.8 Å². The van der Waals surface area contributed by atoms with Crippen LogP contribution in [0.3, 0.4) is 0 Å². The molecule has 0 amide bonds. The Labute approximate surface area is 124 Å². The molecule has 0 bridgehead atoms. The number of hydrogen-bond donors (Lipinski definition) is 0. The van der Waals surface area contributed by atoms with Crippen molar-refractivity contribution in [2.45, 2.75) is 25.9 Å². The third-order valence-corrected chi connectivity index (χ3v) is 4.30. The summed E-state index contributed by atoms with van der Waals surface area (Å²) in [5, 5.41) is 0.491. The van der Waals surface area contributed by atoms with Crippen LogP contribution in [0.2, 0.25) is 5.02 Å². The first-order chi connectivity index (χ1) is 9.60. The first kappa shape index (κ1) is 13.8. The number of anilines is 1. The van der Waals surface area contributed by atoms with E-state index >= 15 is 0 Å². The zero-order valence-electron chi connectivity index (χ0n) is 12.1. The highest BCUT2D eigenvalue weighted by Gasteiger charge is 2.35. The van der Waals surface area contributed by atoms with E-state index in [0.717, 1.165) is 31.2 Å². The van der Waals surface area contributed by atoms with Gasteiger partial charge in [0, 0.05) is 31.7 Å². The predicted octanol–water partition coefficient (Wildman–Crippen LogP) is 2.03. The molecule has 3 heterocycles. The highest BCUT2D eigenvalue weighted by molar-refractivity contribution is 6.32. The first-order valence-electron chi connectivity index (χ1n) is 6.98. The Kier molecular flexibility index (Phi) is 3.65. The number of piperazine rings is 1. The third-order valence-electron chi connectivity index (χ3n) is 4.03. The van der Waals surface area contributed by atoms with E-state index in [0.29, 0.717) is 29.6 Å². The lowest BCUT2D eigenvalue weighted by Crippen LogP contribution is -2.58. The highest BCUT2D eigenvalue weighted by atomic mass is 35.5. The van der Waals surface area contributed by atoms with Crippen LogP contribution in [0.1, 0.15) is 13.8 Å². The Morgan fingerprint density at radius 1 is 1.45 bits per heavy atom. The average Bonchev–Trinajstić information content (AvgIpc) is 2.45. The Morgan fingerprint density at radius 3 is 2.95 bits per heavy atom. The van der Waals surface area contributed by atoms with Gasteiger partial charge in [0.05, 0.1) is 13.2 Å². The van der Waals surface area contributed by atoms with Crippen molar-refractivity contribution in [2.75, 3.05) is 38.3 Å². The number of pyridine rings is 1. The van der Waals surface area contributed by atoms with Gasteiger partial charge in [-0.25, -0.2) is 0 Å². The molecule has 0 spiro atoms. The van der Waals surface area contributed by atoms with Crippen molar-refractivity contribution < 1.29 is 9.47 Å². The second-order valence-corrected chi connectivity index (χ2v) is 5.96. The summed E-state index contributed by atoms with van der Waals surface area (Å²) < 4.78 is 11.0. The molecule has 5 nitrogen and oxygen atoms in total. The smallest absolute Gasteiger partial charge is 0.234 e. The van der Waals surface area contributed by atoms with E-state index in [2.05, 4.69) is 28.6 Å². The molecule has 1 saturated heterocycles. The molecule has 6 heteroatoms. The summed E-state index contributed by atoms with van der Waals surface area (Å²) in [6.07, 6.45) is 0. The number of aromatic nitrogens is 1. The molecule has 3 rings (SSSR count). The van der Waals surface area contributed by atoms with Crippen LogP contribution >= 0.6 is 11.6 Å². The zero-order chi connectivity index (χ0) is 14.3. The molecule has 0 aliphatic carbocycles. The molecule has 0 N–H and O–H groups in total. The maximum atomic E-state index is 6.11. The Balaban J connectivity index is 1.89. The number of methoxy groups -OCH3 is 1. The Hall–Kier alpha value is -1.20. The summed E-state index contributed by atoms with van der Waals surface area (Å²) >= 11 is 6.11. The van der Waals surface area contributed by atoms with Gasteiger partial charge in [0.1, 0.15) is 11.6 Å². The van der Waals surface area contributed by atoms with Crippen molar-refractivity contribution in [3.05, 3.63) is 11.1 Å². The lowest BCUT2D eigenvalue weighted by atomic mass is 10.1. The Morgan fingerprint density at radius 2 is 2.25 bits per heavy atom. The van der Waals surface area contributed by atoms with Crippen molar-refractivity contribution in [1.29, 1.82) is 0 Å². The maximum Gasteiger partial charge on any atom is 0.234 e. The van der Waals surface area contributed by atoms with E-state index in [1.807, 2.05) is 0 Å². The van der Waals surface area contributed by atoms with Crippen LogP contribution in [0.25, 0.3) is 0 Å². The van der Waals surface area contributed by atoms with Crippen molar-refractivity contribution in [1.82, 2.24) is 9.88 Å². The molecule has 20 heavy (non-hydrogen) atoms. The van der Waals surface area contributed by atoms with Gasteiger partial charge in [-0.2, -0.15) is 4.98 Å². The molecule has 1 aromatic rings. The second-order valence-electron chi connectivity index (χ2n) is 5.55. The Bertz CT molecular complexity index is 509. The van der Waals surface area contributed by atoms with Crippen LogP contribution in [-0.4, -0.2) is 55.3 Å². The molecule has 0 saturated carbocycles. The van der Waals surface area contributed by atoms with Gasteiger partial charge in [0.25, 0.3) is 0 Å². The van der Waals surface area contributed by atoms with Crippen molar-refractivity contribution in [3.63, 3.8) is 0 Å². The third kappa shape index (κ3) is 2.29. The number of ether oxygens (including phenoxy) is 2. The van der Waals surface area contributed by atoms with Crippen LogP contribution in [0.15, 0.2) is 6.07 Å². The lowest BCUT2D eigenvalue weighted by Gasteiger charge is -2.46. The van der Waals surface area contributed by atoms with Crippen molar-refractivity contribution in [3.8, 4) is 11.6 Å². The van der Waals surface area contributed by atoms with Gasteiger partial charge < -0.3 is 14.4 Å². The molecular weight excluding hydrogens is 278 g/mol. The fraction of sp³-hybridized carbons (Fsp3) is 0.643. The molecule has 2 aliphatic heterocycles. The van der Waals surface area contributed by atoms with Crippen LogP contribution in [0, 0.1) is 0 Å². The number of fused-ring (bicyclic) bond motifs is 3. The molecule has 0 radical (unpaired) electrons. The minimum atomic E-state index is 0.344. The number of nitrogens with zero attached hydrogens (tertiary/aromatic N) is 3. The van der Waals surface area contributed by atoms with Gasteiger partial charge in [-0.1, -0.05) is 11.6 Å². The van der Waals surface area contributed by atoms with E-state index < -0.39 is 0 Å². The van der Waals surface area contributed by atoms with Gasteiger partial charge in [0.15, 0.2) is 11.6 Å². The number of rotatable bonds is 2. The maximum absolute atomic E-state index is 6.11.